The quantitative estimate of drug-likeness (QED) is 0.797. The fourth-order valence-corrected chi connectivity index (χ4v) is 3.71. The van der Waals surface area contributed by atoms with Gasteiger partial charge in [-0.25, -0.2) is 13.2 Å². The minimum absolute atomic E-state index is 0.0714. The normalized spacial score (nSPS) is 16.6. The van der Waals surface area contributed by atoms with Crippen LogP contribution in [0.4, 0.5) is 18.0 Å². The molecule has 1 fully saturated rings. The van der Waals surface area contributed by atoms with Crippen molar-refractivity contribution >= 4 is 16.1 Å². The van der Waals surface area contributed by atoms with Crippen LogP contribution in [0.1, 0.15) is 6.92 Å². The molecule has 0 spiro atoms. The predicted octanol–water partition coefficient (Wildman–Crippen LogP) is 2.05. The number of carbonyl (C=O) groups excluding carboxylic acids is 1. The zero-order valence-corrected chi connectivity index (χ0v) is 14.1. The number of ether oxygens (including phenoxy) is 2. The molecular formula is C14H17F3N2O5S. The molecule has 0 unspecified atom stereocenters. The Morgan fingerprint density at radius 1 is 1.12 bits per heavy atom. The SMILES string of the molecule is CCOC(=O)N1CCN(S(=O)(=O)c2ccc(OC(F)(F)F)cc2)CC1. The van der Waals surface area contributed by atoms with E-state index in [9.17, 15) is 26.4 Å². The molecule has 140 valence electrons. The standard InChI is InChI=1S/C14H17F3N2O5S/c1-2-23-13(20)18-7-9-19(10-8-18)25(21,22)12-5-3-11(4-6-12)24-14(15,16)17/h3-6H,2,7-10H2,1H3. The molecule has 0 atom stereocenters. The van der Waals surface area contributed by atoms with Crippen LogP contribution in [0, 0.1) is 0 Å². The van der Waals surface area contributed by atoms with E-state index in [0.29, 0.717) is 0 Å². The van der Waals surface area contributed by atoms with Crippen molar-refractivity contribution in [3.63, 3.8) is 0 Å². The van der Waals surface area contributed by atoms with Gasteiger partial charge in [-0.15, -0.1) is 13.2 Å². The summed E-state index contributed by atoms with van der Waals surface area (Å²) in [5, 5.41) is 0. The van der Waals surface area contributed by atoms with Gasteiger partial charge in [-0.3, -0.25) is 0 Å². The number of alkyl halides is 3. The molecule has 0 N–H and O–H groups in total. The zero-order valence-electron chi connectivity index (χ0n) is 13.3. The third-order valence-corrected chi connectivity index (χ3v) is 5.37. The van der Waals surface area contributed by atoms with E-state index in [1.165, 1.54) is 9.21 Å². The van der Waals surface area contributed by atoms with Crippen LogP contribution in [0.5, 0.6) is 5.75 Å². The highest BCUT2D eigenvalue weighted by atomic mass is 32.2. The van der Waals surface area contributed by atoms with Gasteiger partial charge in [0.1, 0.15) is 5.75 Å². The molecule has 0 saturated carbocycles. The molecule has 7 nitrogen and oxygen atoms in total. The Morgan fingerprint density at radius 3 is 2.16 bits per heavy atom. The molecule has 1 aliphatic rings. The number of hydrogen-bond acceptors (Lipinski definition) is 5. The lowest BCUT2D eigenvalue weighted by molar-refractivity contribution is -0.274. The topological polar surface area (TPSA) is 76.2 Å². The van der Waals surface area contributed by atoms with E-state index in [-0.39, 0.29) is 37.7 Å². The second-order valence-corrected chi connectivity index (χ2v) is 7.05. The number of carbonyl (C=O) groups is 1. The molecule has 2 rings (SSSR count). The van der Waals surface area contributed by atoms with Gasteiger partial charge in [0.2, 0.25) is 10.0 Å². The van der Waals surface area contributed by atoms with Crippen LogP contribution in [-0.4, -0.2) is 62.9 Å². The average molecular weight is 382 g/mol. The highest BCUT2D eigenvalue weighted by Gasteiger charge is 2.32. The highest BCUT2D eigenvalue weighted by molar-refractivity contribution is 7.89. The molecular weight excluding hydrogens is 365 g/mol. The maximum Gasteiger partial charge on any atom is 0.573 e. The Balaban J connectivity index is 2.03. The lowest BCUT2D eigenvalue weighted by Crippen LogP contribution is -2.50. The summed E-state index contributed by atoms with van der Waals surface area (Å²) in [6.45, 7) is 2.39. The van der Waals surface area contributed by atoms with E-state index >= 15 is 0 Å². The Kier molecular flexibility index (Phi) is 5.78. The van der Waals surface area contributed by atoms with Crippen molar-refractivity contribution in [1.29, 1.82) is 0 Å². The number of sulfonamides is 1. The molecule has 1 aromatic carbocycles. The Morgan fingerprint density at radius 2 is 1.68 bits per heavy atom. The fraction of sp³-hybridized carbons (Fsp3) is 0.500. The first-order valence-corrected chi connectivity index (χ1v) is 8.85. The minimum Gasteiger partial charge on any atom is -0.450 e. The molecule has 1 amide bonds. The van der Waals surface area contributed by atoms with Crippen LogP contribution in [0.15, 0.2) is 29.2 Å². The first-order chi connectivity index (χ1) is 11.6. The third-order valence-electron chi connectivity index (χ3n) is 3.46. The van der Waals surface area contributed by atoms with Crippen molar-refractivity contribution in [2.45, 2.75) is 18.2 Å². The Bertz CT molecular complexity index is 698. The Hall–Kier alpha value is -2.01. The lowest BCUT2D eigenvalue weighted by atomic mass is 10.3. The largest absolute Gasteiger partial charge is 0.573 e. The second-order valence-electron chi connectivity index (χ2n) is 5.11. The van der Waals surface area contributed by atoms with Crippen LogP contribution in [-0.2, 0) is 14.8 Å². The van der Waals surface area contributed by atoms with Crippen molar-refractivity contribution in [2.24, 2.45) is 0 Å². The van der Waals surface area contributed by atoms with Crippen molar-refractivity contribution in [2.75, 3.05) is 32.8 Å². The number of piperazine rings is 1. The second kappa shape index (κ2) is 7.48. The van der Waals surface area contributed by atoms with Gasteiger partial charge in [0.05, 0.1) is 11.5 Å². The van der Waals surface area contributed by atoms with Gasteiger partial charge in [-0.1, -0.05) is 0 Å². The summed E-state index contributed by atoms with van der Waals surface area (Å²) in [7, 11) is -3.87. The molecule has 11 heteroatoms. The summed E-state index contributed by atoms with van der Waals surface area (Å²) in [5.74, 6) is -0.501. The van der Waals surface area contributed by atoms with Crippen molar-refractivity contribution < 1.29 is 35.9 Å². The molecule has 25 heavy (non-hydrogen) atoms. The predicted molar refractivity (Wildman–Crippen MR) is 80.5 cm³/mol. The smallest absolute Gasteiger partial charge is 0.450 e. The number of hydrogen-bond donors (Lipinski definition) is 0. The van der Waals surface area contributed by atoms with Crippen LogP contribution in [0.3, 0.4) is 0 Å². The summed E-state index contributed by atoms with van der Waals surface area (Å²) in [6.07, 6.45) is -5.35. The Labute approximate surface area is 143 Å². The molecule has 0 radical (unpaired) electrons. The van der Waals surface area contributed by atoms with Gasteiger partial charge in [-0.05, 0) is 31.2 Å². The van der Waals surface area contributed by atoms with Crippen LogP contribution < -0.4 is 4.74 Å². The molecule has 0 aromatic heterocycles. The summed E-state index contributed by atoms with van der Waals surface area (Å²) < 4.78 is 71.2. The first kappa shape index (κ1) is 19.3. The van der Waals surface area contributed by atoms with Crippen molar-refractivity contribution in [3.8, 4) is 5.75 Å². The summed E-state index contributed by atoms with van der Waals surface area (Å²) in [6, 6.07) is 3.98. The summed E-state index contributed by atoms with van der Waals surface area (Å²) >= 11 is 0. The van der Waals surface area contributed by atoms with Gasteiger partial charge in [0.15, 0.2) is 0 Å². The van der Waals surface area contributed by atoms with Gasteiger partial charge in [0, 0.05) is 26.2 Å². The molecule has 1 heterocycles. The van der Waals surface area contributed by atoms with E-state index in [0.717, 1.165) is 24.3 Å². The zero-order chi connectivity index (χ0) is 18.7. The van der Waals surface area contributed by atoms with E-state index < -0.39 is 28.2 Å². The van der Waals surface area contributed by atoms with E-state index in [2.05, 4.69) is 4.74 Å². The van der Waals surface area contributed by atoms with E-state index in [1.54, 1.807) is 6.92 Å². The summed E-state index contributed by atoms with van der Waals surface area (Å²) in [4.78, 5) is 12.9. The van der Waals surface area contributed by atoms with Crippen LogP contribution in [0.25, 0.3) is 0 Å². The number of nitrogens with zero attached hydrogens (tertiary/aromatic N) is 2. The molecule has 1 saturated heterocycles. The maximum absolute atomic E-state index is 12.5. The number of rotatable bonds is 4. The monoisotopic (exact) mass is 382 g/mol. The van der Waals surface area contributed by atoms with Crippen LogP contribution >= 0.6 is 0 Å². The molecule has 1 aliphatic heterocycles. The van der Waals surface area contributed by atoms with Crippen molar-refractivity contribution in [3.05, 3.63) is 24.3 Å². The number of halogens is 3. The summed E-state index contributed by atoms with van der Waals surface area (Å²) in [5.41, 5.74) is 0. The molecule has 0 bridgehead atoms. The fourth-order valence-electron chi connectivity index (χ4n) is 2.29. The maximum atomic E-state index is 12.5. The van der Waals surface area contributed by atoms with E-state index in [4.69, 9.17) is 4.74 Å². The number of amides is 1. The third kappa shape index (κ3) is 4.98. The van der Waals surface area contributed by atoms with E-state index in [1.807, 2.05) is 0 Å². The van der Waals surface area contributed by atoms with Gasteiger partial charge in [-0.2, -0.15) is 4.31 Å². The average Bonchev–Trinajstić information content (AvgIpc) is 2.54. The van der Waals surface area contributed by atoms with Crippen LogP contribution in [0.2, 0.25) is 0 Å². The highest BCUT2D eigenvalue weighted by Crippen LogP contribution is 2.25. The molecule has 1 aromatic rings. The van der Waals surface area contributed by atoms with Crippen molar-refractivity contribution in [1.82, 2.24) is 9.21 Å². The molecule has 0 aliphatic carbocycles. The minimum atomic E-state index is -4.84. The lowest BCUT2D eigenvalue weighted by Gasteiger charge is -2.33. The van der Waals surface area contributed by atoms with Gasteiger partial charge < -0.3 is 14.4 Å². The first-order valence-electron chi connectivity index (χ1n) is 7.41. The van der Waals surface area contributed by atoms with Gasteiger partial charge >= 0.3 is 12.5 Å². The number of benzene rings is 1. The van der Waals surface area contributed by atoms with Gasteiger partial charge in [0.25, 0.3) is 0 Å².